The van der Waals surface area contributed by atoms with Crippen LogP contribution in [0.25, 0.3) is 0 Å². The number of nitrogens with zero attached hydrogens (tertiary/aromatic N) is 2. The predicted molar refractivity (Wildman–Crippen MR) is 70.0 cm³/mol. The van der Waals surface area contributed by atoms with E-state index in [-0.39, 0.29) is 17.6 Å². The van der Waals surface area contributed by atoms with Crippen LogP contribution in [-0.4, -0.2) is 27.0 Å². The monoisotopic (exact) mass is 264 g/mol. The number of Topliss-reactive ketones (excluding diaryl/α,β-unsaturated/α-hetero) is 1. The highest BCUT2D eigenvalue weighted by Crippen LogP contribution is 2.34. The molecule has 0 spiro atoms. The van der Waals surface area contributed by atoms with E-state index < -0.39 is 11.7 Å². The standard InChI is InChI=1S/C14H20N2O3/c1-9-5-6-10(11(9)17)12-15-7-8-16(12)13(18)19-14(2,3)4/h7-10H,5-6H2,1-4H3/t9-,10+/m0/s1. The van der Waals surface area contributed by atoms with Gasteiger partial charge in [-0.25, -0.2) is 14.3 Å². The molecule has 0 aromatic carbocycles. The molecule has 1 heterocycles. The second-order valence-corrected chi connectivity index (χ2v) is 6.07. The lowest BCUT2D eigenvalue weighted by atomic mass is 10.0. The highest BCUT2D eigenvalue weighted by atomic mass is 16.6. The maximum absolute atomic E-state index is 12.1. The molecule has 5 heteroatoms. The fraction of sp³-hybridized carbons (Fsp3) is 0.643. The Morgan fingerprint density at radius 3 is 2.63 bits per heavy atom. The van der Waals surface area contributed by atoms with Crippen LogP contribution in [-0.2, 0) is 9.53 Å². The molecule has 1 aliphatic carbocycles. The minimum Gasteiger partial charge on any atom is -0.443 e. The van der Waals surface area contributed by atoms with Crippen molar-refractivity contribution >= 4 is 11.9 Å². The summed E-state index contributed by atoms with van der Waals surface area (Å²) in [5, 5.41) is 0. The van der Waals surface area contributed by atoms with Gasteiger partial charge in [-0.2, -0.15) is 0 Å². The van der Waals surface area contributed by atoms with Crippen molar-refractivity contribution in [1.82, 2.24) is 9.55 Å². The van der Waals surface area contributed by atoms with Gasteiger partial charge in [0.25, 0.3) is 0 Å². The minimum atomic E-state index is -0.564. The molecule has 1 aromatic heterocycles. The lowest BCUT2D eigenvalue weighted by Crippen LogP contribution is -2.29. The van der Waals surface area contributed by atoms with Gasteiger partial charge in [-0.15, -0.1) is 0 Å². The Labute approximate surface area is 113 Å². The highest BCUT2D eigenvalue weighted by molar-refractivity contribution is 5.89. The average Bonchev–Trinajstić information content (AvgIpc) is 2.85. The molecule has 0 aliphatic heterocycles. The van der Waals surface area contributed by atoms with E-state index in [1.54, 1.807) is 6.20 Å². The Kier molecular flexibility index (Phi) is 3.47. The fourth-order valence-electron chi connectivity index (χ4n) is 2.34. The van der Waals surface area contributed by atoms with E-state index in [4.69, 9.17) is 4.74 Å². The molecule has 1 saturated carbocycles. The third-order valence-corrected chi connectivity index (χ3v) is 3.29. The first-order valence-electron chi connectivity index (χ1n) is 6.60. The van der Waals surface area contributed by atoms with Crippen LogP contribution in [0.1, 0.15) is 52.3 Å². The van der Waals surface area contributed by atoms with Gasteiger partial charge in [0.05, 0.1) is 5.92 Å². The van der Waals surface area contributed by atoms with Crippen molar-refractivity contribution in [2.75, 3.05) is 0 Å². The van der Waals surface area contributed by atoms with Gasteiger partial charge >= 0.3 is 6.09 Å². The Morgan fingerprint density at radius 2 is 2.11 bits per heavy atom. The van der Waals surface area contributed by atoms with Gasteiger partial charge < -0.3 is 4.74 Å². The number of hydrogen-bond donors (Lipinski definition) is 0. The summed E-state index contributed by atoms with van der Waals surface area (Å²) in [5.74, 6) is 0.436. The molecule has 0 saturated heterocycles. The molecular weight excluding hydrogens is 244 g/mol. The van der Waals surface area contributed by atoms with Gasteiger partial charge in [0.15, 0.2) is 0 Å². The molecule has 1 aliphatic rings. The first-order valence-corrected chi connectivity index (χ1v) is 6.60. The van der Waals surface area contributed by atoms with Crippen LogP contribution < -0.4 is 0 Å². The second kappa shape index (κ2) is 4.79. The van der Waals surface area contributed by atoms with Gasteiger partial charge in [0, 0.05) is 18.3 Å². The molecule has 2 atom stereocenters. The summed E-state index contributed by atoms with van der Waals surface area (Å²) in [5.41, 5.74) is -0.564. The molecule has 0 bridgehead atoms. The van der Waals surface area contributed by atoms with Crippen LogP contribution >= 0.6 is 0 Å². The normalized spacial score (nSPS) is 23.7. The van der Waals surface area contributed by atoms with Gasteiger partial charge in [0.2, 0.25) is 0 Å². The minimum absolute atomic E-state index is 0.0498. The second-order valence-electron chi connectivity index (χ2n) is 6.07. The molecule has 0 amide bonds. The quantitative estimate of drug-likeness (QED) is 0.782. The number of ketones is 1. The largest absolute Gasteiger partial charge is 0.443 e. The number of hydrogen-bond acceptors (Lipinski definition) is 4. The van der Waals surface area contributed by atoms with Crippen molar-refractivity contribution in [3.05, 3.63) is 18.2 Å². The SMILES string of the molecule is C[C@H]1CC[C@@H](c2nccn2C(=O)OC(C)(C)C)C1=O. The lowest BCUT2D eigenvalue weighted by Gasteiger charge is -2.20. The fourth-order valence-corrected chi connectivity index (χ4v) is 2.34. The number of aromatic nitrogens is 2. The highest BCUT2D eigenvalue weighted by Gasteiger charge is 2.36. The van der Waals surface area contributed by atoms with Crippen LogP contribution in [0.2, 0.25) is 0 Å². The molecule has 0 radical (unpaired) electrons. The number of rotatable bonds is 1. The summed E-state index contributed by atoms with van der Waals surface area (Å²) >= 11 is 0. The van der Waals surface area contributed by atoms with Gasteiger partial charge in [0.1, 0.15) is 17.2 Å². The first-order chi connectivity index (χ1) is 8.79. The van der Waals surface area contributed by atoms with E-state index in [0.717, 1.165) is 12.8 Å². The summed E-state index contributed by atoms with van der Waals surface area (Å²) in [6.07, 6.45) is 4.21. The van der Waals surface area contributed by atoms with E-state index >= 15 is 0 Å². The van der Waals surface area contributed by atoms with Crippen molar-refractivity contribution in [2.45, 2.75) is 52.1 Å². The Hall–Kier alpha value is -1.65. The summed E-state index contributed by atoms with van der Waals surface area (Å²) in [4.78, 5) is 28.3. The molecule has 0 unspecified atom stereocenters. The molecule has 1 aromatic rings. The average molecular weight is 264 g/mol. The molecular formula is C14H20N2O3. The molecule has 0 N–H and O–H groups in total. The number of ether oxygens (including phenoxy) is 1. The lowest BCUT2D eigenvalue weighted by molar-refractivity contribution is -0.121. The Bertz CT molecular complexity index is 499. The molecule has 1 fully saturated rings. The van der Waals surface area contributed by atoms with Crippen LogP contribution in [0.5, 0.6) is 0 Å². The van der Waals surface area contributed by atoms with E-state index in [9.17, 15) is 9.59 Å². The summed E-state index contributed by atoms with van der Waals surface area (Å²) < 4.78 is 6.67. The smallest absolute Gasteiger partial charge is 0.420 e. The summed E-state index contributed by atoms with van der Waals surface area (Å²) in [7, 11) is 0. The Morgan fingerprint density at radius 1 is 1.42 bits per heavy atom. The van der Waals surface area contributed by atoms with Gasteiger partial charge in [-0.05, 0) is 33.6 Å². The predicted octanol–water partition coefficient (Wildman–Crippen LogP) is 2.75. The zero-order chi connectivity index (χ0) is 14.2. The van der Waals surface area contributed by atoms with Crippen LogP contribution in [0.4, 0.5) is 4.79 Å². The first kappa shape index (κ1) is 13.8. The van der Waals surface area contributed by atoms with Crippen LogP contribution in [0.3, 0.4) is 0 Å². The molecule has 5 nitrogen and oxygen atoms in total. The van der Waals surface area contributed by atoms with E-state index in [2.05, 4.69) is 4.98 Å². The van der Waals surface area contributed by atoms with Crippen molar-refractivity contribution in [3.63, 3.8) is 0 Å². The van der Waals surface area contributed by atoms with Crippen molar-refractivity contribution in [2.24, 2.45) is 5.92 Å². The van der Waals surface area contributed by atoms with Crippen LogP contribution in [0.15, 0.2) is 12.4 Å². The van der Waals surface area contributed by atoms with Crippen LogP contribution in [0, 0.1) is 5.92 Å². The zero-order valence-electron chi connectivity index (χ0n) is 11.8. The number of carbonyl (C=O) groups excluding carboxylic acids is 2. The van der Waals surface area contributed by atoms with Crippen molar-refractivity contribution in [1.29, 1.82) is 0 Å². The molecule has 19 heavy (non-hydrogen) atoms. The zero-order valence-corrected chi connectivity index (χ0v) is 11.8. The summed E-state index contributed by atoms with van der Waals surface area (Å²) in [6, 6.07) is 0. The molecule has 104 valence electrons. The Balaban J connectivity index is 2.23. The van der Waals surface area contributed by atoms with E-state index in [0.29, 0.717) is 5.82 Å². The third-order valence-electron chi connectivity index (χ3n) is 3.29. The van der Waals surface area contributed by atoms with E-state index in [1.165, 1.54) is 10.8 Å². The number of imidazole rings is 1. The maximum Gasteiger partial charge on any atom is 0.420 e. The molecule has 2 rings (SSSR count). The maximum atomic E-state index is 12.1. The van der Waals surface area contributed by atoms with Crippen molar-refractivity contribution < 1.29 is 14.3 Å². The van der Waals surface area contributed by atoms with E-state index in [1.807, 2.05) is 27.7 Å². The summed E-state index contributed by atoms with van der Waals surface area (Å²) in [6.45, 7) is 7.35. The number of carbonyl (C=O) groups is 2. The van der Waals surface area contributed by atoms with Gasteiger partial charge in [-0.1, -0.05) is 6.92 Å². The van der Waals surface area contributed by atoms with Crippen molar-refractivity contribution in [3.8, 4) is 0 Å². The topological polar surface area (TPSA) is 61.2 Å². The van der Waals surface area contributed by atoms with Gasteiger partial charge in [-0.3, -0.25) is 4.79 Å². The third kappa shape index (κ3) is 2.85.